The minimum absolute atomic E-state index is 0.242. The molecule has 0 spiro atoms. The molecular weight excluding hydrogens is 258 g/mol. The highest BCUT2D eigenvalue weighted by Gasteiger charge is 2.18. The molecule has 2 N–H and O–H groups in total. The van der Waals surface area contributed by atoms with Crippen molar-refractivity contribution in [2.45, 2.75) is 38.6 Å². The monoisotopic (exact) mass is 279 g/mol. The fraction of sp³-hybridized carbons (Fsp3) is 0.467. The van der Waals surface area contributed by atoms with Gasteiger partial charge in [-0.05, 0) is 30.5 Å². The first-order valence-corrected chi connectivity index (χ1v) is 6.72. The van der Waals surface area contributed by atoms with Gasteiger partial charge in [-0.3, -0.25) is 4.79 Å². The van der Waals surface area contributed by atoms with E-state index in [2.05, 4.69) is 5.32 Å². The lowest BCUT2D eigenvalue weighted by atomic mass is 10.1. The molecule has 0 aliphatic rings. The van der Waals surface area contributed by atoms with Gasteiger partial charge in [-0.15, -0.1) is 0 Å². The Balaban J connectivity index is 2.47. The molecule has 1 amide bonds. The lowest BCUT2D eigenvalue weighted by molar-refractivity contribution is -0.142. The summed E-state index contributed by atoms with van der Waals surface area (Å²) in [7, 11) is 1.59. The van der Waals surface area contributed by atoms with Gasteiger partial charge in [-0.25, -0.2) is 4.79 Å². The van der Waals surface area contributed by atoms with E-state index in [0.717, 1.165) is 11.3 Å². The van der Waals surface area contributed by atoms with Gasteiger partial charge in [0.15, 0.2) is 0 Å². The predicted molar refractivity (Wildman–Crippen MR) is 75.8 cm³/mol. The maximum Gasteiger partial charge on any atom is 0.326 e. The van der Waals surface area contributed by atoms with Gasteiger partial charge in [0.05, 0.1) is 7.11 Å². The first-order valence-electron chi connectivity index (χ1n) is 6.72. The van der Waals surface area contributed by atoms with Crippen molar-refractivity contribution in [1.82, 2.24) is 5.32 Å². The number of rotatable bonds is 8. The summed E-state index contributed by atoms with van der Waals surface area (Å²) in [4.78, 5) is 22.7. The van der Waals surface area contributed by atoms with Crippen LogP contribution in [0.4, 0.5) is 0 Å². The van der Waals surface area contributed by atoms with Crippen LogP contribution in [-0.4, -0.2) is 30.1 Å². The number of aliphatic carboxylic acids is 1. The summed E-state index contributed by atoms with van der Waals surface area (Å²) in [6.07, 6.45) is 1.98. The third-order valence-corrected chi connectivity index (χ3v) is 2.99. The highest BCUT2D eigenvalue weighted by molar-refractivity contribution is 5.83. The Hall–Kier alpha value is -2.04. The van der Waals surface area contributed by atoms with Gasteiger partial charge in [0.2, 0.25) is 5.91 Å². The number of methoxy groups -OCH3 is 1. The van der Waals surface area contributed by atoms with Crippen LogP contribution in [0.15, 0.2) is 24.3 Å². The molecule has 0 aliphatic heterocycles. The van der Waals surface area contributed by atoms with Gasteiger partial charge in [0.1, 0.15) is 11.8 Å². The zero-order valence-electron chi connectivity index (χ0n) is 11.9. The fourth-order valence-corrected chi connectivity index (χ4v) is 1.90. The average molecular weight is 279 g/mol. The normalized spacial score (nSPS) is 11.7. The minimum Gasteiger partial charge on any atom is -0.497 e. The quantitative estimate of drug-likeness (QED) is 0.763. The van der Waals surface area contributed by atoms with Crippen LogP contribution in [0.3, 0.4) is 0 Å². The van der Waals surface area contributed by atoms with E-state index >= 15 is 0 Å². The molecule has 1 aromatic carbocycles. The molecule has 1 unspecified atom stereocenters. The molecular formula is C15H21NO4. The number of hydrogen-bond acceptors (Lipinski definition) is 3. The van der Waals surface area contributed by atoms with Crippen LogP contribution in [0.5, 0.6) is 5.75 Å². The second-order valence-corrected chi connectivity index (χ2v) is 4.60. The van der Waals surface area contributed by atoms with Crippen LogP contribution in [-0.2, 0) is 16.0 Å². The molecule has 0 fully saturated rings. The number of carboxylic acids is 1. The van der Waals surface area contributed by atoms with Gasteiger partial charge in [0.25, 0.3) is 0 Å². The fourth-order valence-electron chi connectivity index (χ4n) is 1.90. The number of aryl methyl sites for hydroxylation is 1. The Morgan fingerprint density at radius 3 is 2.75 bits per heavy atom. The van der Waals surface area contributed by atoms with E-state index in [1.54, 1.807) is 7.11 Å². The van der Waals surface area contributed by atoms with Crippen molar-refractivity contribution >= 4 is 11.9 Å². The molecule has 0 bridgehead atoms. The first-order chi connectivity index (χ1) is 9.56. The third-order valence-electron chi connectivity index (χ3n) is 2.99. The summed E-state index contributed by atoms with van der Waals surface area (Å²) < 4.78 is 5.11. The Labute approximate surface area is 118 Å². The highest BCUT2D eigenvalue weighted by atomic mass is 16.5. The number of amides is 1. The molecule has 5 heteroatoms. The molecule has 1 aromatic rings. The first kappa shape index (κ1) is 16.0. The number of carbonyl (C=O) groups excluding carboxylic acids is 1. The molecule has 0 saturated carbocycles. The van der Waals surface area contributed by atoms with Gasteiger partial charge in [-0.2, -0.15) is 0 Å². The number of ether oxygens (including phenoxy) is 1. The van der Waals surface area contributed by atoms with E-state index in [9.17, 15) is 9.59 Å². The summed E-state index contributed by atoms with van der Waals surface area (Å²) >= 11 is 0. The van der Waals surface area contributed by atoms with Crippen LogP contribution >= 0.6 is 0 Å². The Morgan fingerprint density at radius 1 is 1.40 bits per heavy atom. The lowest BCUT2D eigenvalue weighted by Gasteiger charge is -2.13. The SMILES string of the molecule is CCCC(NC(=O)CCc1cccc(OC)c1)C(=O)O. The average Bonchev–Trinajstić information content (AvgIpc) is 2.44. The molecule has 0 radical (unpaired) electrons. The molecule has 110 valence electrons. The lowest BCUT2D eigenvalue weighted by Crippen LogP contribution is -2.40. The van der Waals surface area contributed by atoms with Crippen LogP contribution in [0.2, 0.25) is 0 Å². The molecule has 1 atom stereocenters. The molecule has 1 rings (SSSR count). The van der Waals surface area contributed by atoms with E-state index in [1.807, 2.05) is 31.2 Å². The van der Waals surface area contributed by atoms with Crippen molar-refractivity contribution in [2.24, 2.45) is 0 Å². The van der Waals surface area contributed by atoms with Crippen molar-refractivity contribution in [1.29, 1.82) is 0 Å². The highest BCUT2D eigenvalue weighted by Crippen LogP contribution is 2.13. The number of nitrogens with one attached hydrogen (secondary N) is 1. The Bertz CT molecular complexity index is 459. The standard InChI is InChI=1S/C15H21NO4/c1-3-5-13(15(18)19)16-14(17)9-8-11-6-4-7-12(10-11)20-2/h4,6-7,10,13H,3,5,8-9H2,1-2H3,(H,16,17)(H,18,19). The van der Waals surface area contributed by atoms with E-state index < -0.39 is 12.0 Å². The van der Waals surface area contributed by atoms with Crippen LogP contribution < -0.4 is 10.1 Å². The topological polar surface area (TPSA) is 75.6 Å². The zero-order valence-corrected chi connectivity index (χ0v) is 11.9. The summed E-state index contributed by atoms with van der Waals surface area (Å²) in [5, 5.41) is 11.5. The largest absolute Gasteiger partial charge is 0.497 e. The van der Waals surface area contributed by atoms with Gasteiger partial charge in [-0.1, -0.05) is 25.5 Å². The smallest absolute Gasteiger partial charge is 0.326 e. The van der Waals surface area contributed by atoms with Crippen molar-refractivity contribution in [2.75, 3.05) is 7.11 Å². The second kappa shape index (κ2) is 8.19. The van der Waals surface area contributed by atoms with E-state index in [4.69, 9.17) is 9.84 Å². The minimum atomic E-state index is -0.985. The molecule has 0 saturated heterocycles. The van der Waals surface area contributed by atoms with Crippen molar-refractivity contribution < 1.29 is 19.4 Å². The van der Waals surface area contributed by atoms with Gasteiger partial charge >= 0.3 is 5.97 Å². The predicted octanol–water partition coefficient (Wildman–Crippen LogP) is 2.00. The molecule has 20 heavy (non-hydrogen) atoms. The van der Waals surface area contributed by atoms with Crippen LogP contribution in [0.1, 0.15) is 31.7 Å². The maximum absolute atomic E-state index is 11.8. The number of hydrogen-bond donors (Lipinski definition) is 2. The summed E-state index contributed by atoms with van der Waals surface area (Å²) in [6, 6.07) is 6.69. The molecule has 0 aromatic heterocycles. The van der Waals surface area contributed by atoms with Crippen LogP contribution in [0, 0.1) is 0 Å². The maximum atomic E-state index is 11.8. The molecule has 0 aliphatic carbocycles. The molecule has 0 heterocycles. The summed E-state index contributed by atoms with van der Waals surface area (Å²) in [6.45, 7) is 1.89. The van der Waals surface area contributed by atoms with E-state index in [1.165, 1.54) is 0 Å². The summed E-state index contributed by atoms with van der Waals surface area (Å²) in [5.74, 6) is -0.479. The summed E-state index contributed by atoms with van der Waals surface area (Å²) in [5.41, 5.74) is 0.988. The van der Waals surface area contributed by atoms with Gasteiger partial charge < -0.3 is 15.2 Å². The zero-order chi connectivity index (χ0) is 15.0. The van der Waals surface area contributed by atoms with E-state index in [-0.39, 0.29) is 12.3 Å². The van der Waals surface area contributed by atoms with Gasteiger partial charge in [0, 0.05) is 6.42 Å². The van der Waals surface area contributed by atoms with E-state index in [0.29, 0.717) is 19.3 Å². The second-order valence-electron chi connectivity index (χ2n) is 4.60. The van der Waals surface area contributed by atoms with Crippen molar-refractivity contribution in [3.8, 4) is 5.75 Å². The number of carbonyl (C=O) groups is 2. The molecule has 5 nitrogen and oxygen atoms in total. The van der Waals surface area contributed by atoms with Crippen molar-refractivity contribution in [3.63, 3.8) is 0 Å². The van der Waals surface area contributed by atoms with Crippen molar-refractivity contribution in [3.05, 3.63) is 29.8 Å². The Morgan fingerprint density at radius 2 is 2.15 bits per heavy atom. The number of benzene rings is 1. The third kappa shape index (κ3) is 5.30. The van der Waals surface area contributed by atoms with Crippen LogP contribution in [0.25, 0.3) is 0 Å². The number of carboxylic acid groups (broad SMARTS) is 1. The Kier molecular flexibility index (Phi) is 6.56.